The number of halogens is 1. The number of carbonyl (C=O) groups is 2. The summed E-state index contributed by atoms with van der Waals surface area (Å²) < 4.78 is 5.68. The fraction of sp³-hybridized carbons (Fsp3) is 0.100. The summed E-state index contributed by atoms with van der Waals surface area (Å²) in [6.07, 6.45) is 3.44. The molecule has 0 bridgehead atoms. The zero-order chi connectivity index (χ0) is 22.4. The number of urea groups is 1. The summed E-state index contributed by atoms with van der Waals surface area (Å²) in [6, 6.07) is 9.69. The van der Waals surface area contributed by atoms with Gasteiger partial charge in [0.1, 0.15) is 5.75 Å². The lowest BCUT2D eigenvalue weighted by molar-refractivity contribution is 0.0966. The first-order valence-corrected chi connectivity index (χ1v) is 9.41. The number of imide groups is 1. The third-order valence-electron chi connectivity index (χ3n) is 4.09. The van der Waals surface area contributed by atoms with Gasteiger partial charge in [0.2, 0.25) is 0 Å². The maximum Gasteiger partial charge on any atom is 0.326 e. The highest BCUT2D eigenvalue weighted by atomic mass is 35.5. The Morgan fingerprint density at radius 3 is 2.58 bits per heavy atom. The van der Waals surface area contributed by atoms with Gasteiger partial charge >= 0.3 is 12.0 Å². The van der Waals surface area contributed by atoms with E-state index in [0.717, 1.165) is 5.56 Å². The van der Waals surface area contributed by atoms with E-state index in [1.165, 1.54) is 36.7 Å². The average molecular weight is 443 g/mol. The number of carbonyl (C=O) groups excluding carboxylic acids is 2. The SMILES string of the molecule is CCc1ccc(NC(=O)NC(=O)c2ccccc2N([O-])O)cc1Oc1ncc(Cl)cn1. The molecule has 0 aliphatic rings. The molecule has 0 spiro atoms. The first-order valence-electron chi connectivity index (χ1n) is 9.03. The molecule has 3 N–H and O–H groups in total. The van der Waals surface area contributed by atoms with Crippen LogP contribution >= 0.6 is 11.6 Å². The van der Waals surface area contributed by atoms with Crippen molar-refractivity contribution in [1.82, 2.24) is 15.3 Å². The average Bonchev–Trinajstić information content (AvgIpc) is 2.75. The van der Waals surface area contributed by atoms with Crippen molar-refractivity contribution in [3.63, 3.8) is 0 Å². The molecule has 31 heavy (non-hydrogen) atoms. The first-order chi connectivity index (χ1) is 14.9. The second kappa shape index (κ2) is 9.85. The van der Waals surface area contributed by atoms with Crippen LogP contribution in [0.2, 0.25) is 5.02 Å². The molecule has 0 unspecified atom stereocenters. The van der Waals surface area contributed by atoms with Gasteiger partial charge in [0, 0.05) is 11.8 Å². The van der Waals surface area contributed by atoms with Crippen molar-refractivity contribution in [3.05, 3.63) is 76.2 Å². The number of aromatic nitrogens is 2. The quantitative estimate of drug-likeness (QED) is 0.484. The Kier molecular flexibility index (Phi) is 6.98. The molecule has 3 rings (SSSR count). The van der Waals surface area contributed by atoms with E-state index in [9.17, 15) is 14.8 Å². The maximum atomic E-state index is 12.3. The van der Waals surface area contributed by atoms with Gasteiger partial charge in [0.25, 0.3) is 5.91 Å². The minimum atomic E-state index is -0.862. The fourth-order valence-corrected chi connectivity index (χ4v) is 2.73. The lowest BCUT2D eigenvalue weighted by Gasteiger charge is -2.23. The molecule has 1 aromatic heterocycles. The van der Waals surface area contributed by atoms with E-state index >= 15 is 0 Å². The first kappa shape index (κ1) is 22.0. The summed E-state index contributed by atoms with van der Waals surface area (Å²) in [5.41, 5.74) is 0.722. The zero-order valence-electron chi connectivity index (χ0n) is 16.2. The Morgan fingerprint density at radius 2 is 1.90 bits per heavy atom. The van der Waals surface area contributed by atoms with Crippen molar-refractivity contribution in [3.8, 4) is 11.8 Å². The molecule has 2 aromatic carbocycles. The Morgan fingerprint density at radius 1 is 1.19 bits per heavy atom. The normalized spacial score (nSPS) is 10.3. The summed E-state index contributed by atoms with van der Waals surface area (Å²) in [6.45, 7) is 1.93. The monoisotopic (exact) mass is 442 g/mol. The van der Waals surface area contributed by atoms with Crippen LogP contribution < -0.4 is 20.6 Å². The molecule has 1 heterocycles. The van der Waals surface area contributed by atoms with Crippen molar-refractivity contribution >= 4 is 34.9 Å². The molecular formula is C20H17ClN5O5-. The van der Waals surface area contributed by atoms with E-state index in [1.807, 2.05) is 6.92 Å². The van der Waals surface area contributed by atoms with E-state index in [4.69, 9.17) is 21.5 Å². The van der Waals surface area contributed by atoms with E-state index in [-0.39, 0.29) is 17.3 Å². The number of hydrogen-bond donors (Lipinski definition) is 3. The predicted molar refractivity (Wildman–Crippen MR) is 113 cm³/mol. The Labute approximate surface area is 182 Å². The van der Waals surface area contributed by atoms with Gasteiger partial charge < -0.3 is 20.5 Å². The van der Waals surface area contributed by atoms with Crippen molar-refractivity contribution in [2.75, 3.05) is 10.5 Å². The van der Waals surface area contributed by atoms with Gasteiger partial charge in [-0.15, -0.1) is 0 Å². The van der Waals surface area contributed by atoms with E-state index < -0.39 is 17.2 Å². The molecule has 0 radical (unpaired) electrons. The molecule has 0 fully saturated rings. The van der Waals surface area contributed by atoms with Crippen LogP contribution in [0.3, 0.4) is 0 Å². The molecule has 160 valence electrons. The van der Waals surface area contributed by atoms with Crippen LogP contribution in [0.1, 0.15) is 22.8 Å². The van der Waals surface area contributed by atoms with Gasteiger partial charge in [-0.3, -0.25) is 15.3 Å². The third kappa shape index (κ3) is 5.66. The molecular weight excluding hydrogens is 426 g/mol. The van der Waals surface area contributed by atoms with Gasteiger partial charge in [-0.1, -0.05) is 36.7 Å². The number of anilines is 2. The summed E-state index contributed by atoms with van der Waals surface area (Å²) in [7, 11) is 0. The van der Waals surface area contributed by atoms with Crippen LogP contribution in [0.25, 0.3) is 0 Å². The third-order valence-corrected chi connectivity index (χ3v) is 4.28. The van der Waals surface area contributed by atoms with Crippen molar-refractivity contribution < 1.29 is 19.5 Å². The second-order valence-corrected chi connectivity index (χ2v) is 6.60. The number of para-hydroxylation sites is 1. The van der Waals surface area contributed by atoms with Gasteiger partial charge in [-0.2, -0.15) is 0 Å². The lowest BCUT2D eigenvalue weighted by atomic mass is 10.1. The van der Waals surface area contributed by atoms with Crippen LogP contribution in [-0.4, -0.2) is 27.1 Å². The van der Waals surface area contributed by atoms with Crippen molar-refractivity contribution in [2.45, 2.75) is 13.3 Å². The van der Waals surface area contributed by atoms with Crippen molar-refractivity contribution in [1.29, 1.82) is 0 Å². The van der Waals surface area contributed by atoms with Crippen LogP contribution in [0.5, 0.6) is 11.8 Å². The van der Waals surface area contributed by atoms with Crippen LogP contribution in [0.15, 0.2) is 54.9 Å². The van der Waals surface area contributed by atoms with Gasteiger partial charge in [0.15, 0.2) is 0 Å². The van der Waals surface area contributed by atoms with Gasteiger partial charge in [-0.05, 0) is 30.2 Å². The number of ether oxygens (including phenoxy) is 1. The fourth-order valence-electron chi connectivity index (χ4n) is 2.64. The molecule has 0 saturated heterocycles. The molecule has 0 aliphatic carbocycles. The molecule has 3 aromatic rings. The lowest BCUT2D eigenvalue weighted by Crippen LogP contribution is -2.35. The molecule has 0 aliphatic heterocycles. The zero-order valence-corrected chi connectivity index (χ0v) is 17.0. The topological polar surface area (TPSA) is 140 Å². The van der Waals surface area contributed by atoms with E-state index in [1.54, 1.807) is 18.2 Å². The Bertz CT molecular complexity index is 1090. The standard InChI is InChI=1S/C20H17ClN5O5/c1-2-12-7-8-14(9-17(12)31-20-22-10-13(21)11-23-20)24-19(28)25-18(27)15-5-3-4-6-16(15)26(29)30/h3-11,29H,2H2,1H3,(H2,24,25,27,28)/q-1. The summed E-state index contributed by atoms with van der Waals surface area (Å²) in [4.78, 5) is 32.5. The summed E-state index contributed by atoms with van der Waals surface area (Å²) in [5.74, 6) is -0.444. The summed E-state index contributed by atoms with van der Waals surface area (Å²) in [5, 5.41) is 24.8. The maximum absolute atomic E-state index is 12.3. The molecule has 3 amide bonds. The largest absolute Gasteiger partial charge is 0.733 e. The molecule has 11 heteroatoms. The molecule has 0 atom stereocenters. The van der Waals surface area contributed by atoms with Crippen LogP contribution in [0, 0.1) is 5.21 Å². The number of aryl methyl sites for hydroxylation is 1. The molecule has 10 nitrogen and oxygen atoms in total. The predicted octanol–water partition coefficient (Wildman–Crippen LogP) is 4.14. The van der Waals surface area contributed by atoms with Crippen molar-refractivity contribution in [2.24, 2.45) is 0 Å². The number of amides is 3. The van der Waals surface area contributed by atoms with E-state index in [2.05, 4.69) is 20.6 Å². The number of hydrogen-bond acceptors (Lipinski definition) is 8. The second-order valence-electron chi connectivity index (χ2n) is 6.16. The molecule has 0 saturated carbocycles. The smallest absolute Gasteiger partial charge is 0.326 e. The van der Waals surface area contributed by atoms with E-state index in [0.29, 0.717) is 22.9 Å². The van der Waals surface area contributed by atoms with Crippen LogP contribution in [0.4, 0.5) is 16.2 Å². The minimum absolute atomic E-state index is 0.0821. The highest BCUT2D eigenvalue weighted by Crippen LogP contribution is 2.27. The highest BCUT2D eigenvalue weighted by Gasteiger charge is 2.15. The number of nitrogens with zero attached hydrogens (tertiary/aromatic N) is 3. The Balaban J connectivity index is 1.72. The number of benzene rings is 2. The van der Waals surface area contributed by atoms with Gasteiger partial charge in [-0.25, -0.2) is 14.8 Å². The number of rotatable bonds is 6. The highest BCUT2D eigenvalue weighted by molar-refractivity contribution is 6.30. The number of nitrogens with one attached hydrogen (secondary N) is 2. The summed E-state index contributed by atoms with van der Waals surface area (Å²) >= 11 is 5.77. The Hall–Kier alpha value is -3.73. The van der Waals surface area contributed by atoms with Crippen LogP contribution in [-0.2, 0) is 6.42 Å². The minimum Gasteiger partial charge on any atom is -0.733 e. The van der Waals surface area contributed by atoms with Gasteiger partial charge in [0.05, 0.1) is 28.7 Å².